The van der Waals surface area contributed by atoms with Crippen molar-refractivity contribution in [2.24, 2.45) is 0 Å². The highest BCUT2D eigenvalue weighted by molar-refractivity contribution is 6.04. The third kappa shape index (κ3) is 6.56. The molecule has 0 aliphatic carbocycles. The van der Waals surface area contributed by atoms with Gasteiger partial charge in [-0.05, 0) is 67.3 Å². The van der Waals surface area contributed by atoms with Gasteiger partial charge in [-0.1, -0.05) is 30.3 Å². The molecule has 0 unspecified atom stereocenters. The zero-order chi connectivity index (χ0) is 25.5. The van der Waals surface area contributed by atoms with E-state index in [2.05, 4.69) is 20.9 Å². The molecule has 0 bridgehead atoms. The second-order valence-corrected chi connectivity index (χ2v) is 8.57. The van der Waals surface area contributed by atoms with E-state index in [0.29, 0.717) is 24.2 Å². The Labute approximate surface area is 207 Å². The molecular formula is C27H27F3N4O2. The van der Waals surface area contributed by atoms with Crippen LogP contribution < -0.4 is 20.9 Å². The molecule has 3 amide bonds. The molecule has 6 nitrogen and oxygen atoms in total. The third-order valence-corrected chi connectivity index (χ3v) is 5.96. The molecule has 1 fully saturated rings. The topological polar surface area (TPSA) is 73.5 Å². The predicted octanol–water partition coefficient (Wildman–Crippen LogP) is 5.92. The molecule has 3 N–H and O–H groups in total. The lowest BCUT2D eigenvalue weighted by atomic mass is 10.1. The number of carbonyl (C=O) groups is 2. The van der Waals surface area contributed by atoms with Crippen LogP contribution in [0.2, 0.25) is 0 Å². The predicted molar refractivity (Wildman–Crippen MR) is 134 cm³/mol. The average Bonchev–Trinajstić information content (AvgIpc) is 3.39. The van der Waals surface area contributed by atoms with E-state index in [1.807, 2.05) is 36.4 Å². The van der Waals surface area contributed by atoms with Gasteiger partial charge >= 0.3 is 12.2 Å². The fraction of sp³-hybridized carbons (Fsp3) is 0.259. The number of hydrogen-bond acceptors (Lipinski definition) is 3. The van der Waals surface area contributed by atoms with Gasteiger partial charge in [0, 0.05) is 36.7 Å². The number of amides is 3. The Hall–Kier alpha value is -4.01. The summed E-state index contributed by atoms with van der Waals surface area (Å²) in [7, 11) is 0. The maximum atomic E-state index is 13.1. The summed E-state index contributed by atoms with van der Waals surface area (Å²) in [5.74, 6) is -0.236. The quantitative estimate of drug-likeness (QED) is 0.380. The number of nitrogens with zero attached hydrogens (tertiary/aromatic N) is 1. The monoisotopic (exact) mass is 496 g/mol. The highest BCUT2D eigenvalue weighted by Gasteiger charge is 2.30. The number of urea groups is 1. The molecule has 0 atom stereocenters. The number of rotatable bonds is 7. The zero-order valence-corrected chi connectivity index (χ0v) is 19.6. The first-order valence-corrected chi connectivity index (χ1v) is 11.8. The molecule has 0 saturated carbocycles. The van der Waals surface area contributed by atoms with E-state index in [0.717, 1.165) is 49.3 Å². The van der Waals surface area contributed by atoms with Gasteiger partial charge in [0.25, 0.3) is 5.91 Å². The van der Waals surface area contributed by atoms with Crippen LogP contribution in [-0.4, -0.2) is 31.6 Å². The van der Waals surface area contributed by atoms with E-state index in [4.69, 9.17) is 0 Å². The molecular weight excluding hydrogens is 469 g/mol. The Bertz CT molecular complexity index is 1190. The van der Waals surface area contributed by atoms with Crippen molar-refractivity contribution in [3.63, 3.8) is 0 Å². The minimum absolute atomic E-state index is 0.216. The average molecular weight is 497 g/mol. The number of carbonyl (C=O) groups excluding carboxylic acids is 2. The molecule has 0 radical (unpaired) electrons. The van der Waals surface area contributed by atoms with Gasteiger partial charge in [-0.15, -0.1) is 0 Å². The minimum atomic E-state index is -4.45. The third-order valence-electron chi connectivity index (χ3n) is 5.96. The van der Waals surface area contributed by atoms with Gasteiger partial charge in [0.2, 0.25) is 0 Å². The normalized spacial score (nSPS) is 13.4. The fourth-order valence-electron chi connectivity index (χ4n) is 4.13. The fourth-order valence-corrected chi connectivity index (χ4v) is 4.13. The summed E-state index contributed by atoms with van der Waals surface area (Å²) in [5, 5.41) is 8.13. The van der Waals surface area contributed by atoms with Gasteiger partial charge in [-0.2, -0.15) is 13.2 Å². The molecule has 4 rings (SSSR count). The van der Waals surface area contributed by atoms with Gasteiger partial charge in [0.1, 0.15) is 0 Å². The largest absolute Gasteiger partial charge is 0.416 e. The Balaban J connectivity index is 1.44. The number of alkyl halides is 3. The Kier molecular flexibility index (Phi) is 7.77. The summed E-state index contributed by atoms with van der Waals surface area (Å²) >= 11 is 0. The van der Waals surface area contributed by atoms with E-state index in [-0.39, 0.29) is 11.6 Å². The molecule has 3 aromatic carbocycles. The summed E-state index contributed by atoms with van der Waals surface area (Å²) < 4.78 is 38.2. The molecule has 0 aromatic heterocycles. The maximum Gasteiger partial charge on any atom is 0.416 e. The van der Waals surface area contributed by atoms with E-state index < -0.39 is 17.8 Å². The highest BCUT2D eigenvalue weighted by atomic mass is 19.4. The van der Waals surface area contributed by atoms with Crippen LogP contribution in [0.1, 0.15) is 34.3 Å². The summed E-state index contributed by atoms with van der Waals surface area (Å²) in [6.07, 6.45) is -1.66. The standard InChI is InChI=1S/C27H27F3N4O2/c28-27(29,30)20-8-10-21(11-9-20)32-26(36)33-22-12-13-24(34-16-4-5-17-34)23(18-22)25(35)31-15-14-19-6-2-1-3-7-19/h1-3,6-13,18H,4-5,14-17H2,(H,31,35)(H2,32,33,36). The summed E-state index contributed by atoms with van der Waals surface area (Å²) in [4.78, 5) is 27.7. The van der Waals surface area contributed by atoms with E-state index in [9.17, 15) is 22.8 Å². The molecule has 0 spiro atoms. The van der Waals surface area contributed by atoms with E-state index >= 15 is 0 Å². The van der Waals surface area contributed by atoms with Crippen LogP contribution in [0.5, 0.6) is 0 Å². The molecule has 9 heteroatoms. The zero-order valence-electron chi connectivity index (χ0n) is 19.6. The lowest BCUT2D eigenvalue weighted by molar-refractivity contribution is -0.137. The van der Waals surface area contributed by atoms with Crippen molar-refractivity contribution in [2.45, 2.75) is 25.4 Å². The van der Waals surface area contributed by atoms with Gasteiger partial charge in [0.05, 0.1) is 11.1 Å². The molecule has 1 saturated heterocycles. The minimum Gasteiger partial charge on any atom is -0.371 e. The first-order valence-electron chi connectivity index (χ1n) is 11.8. The summed E-state index contributed by atoms with van der Waals surface area (Å²) in [5.41, 5.74) is 2.20. The van der Waals surface area contributed by atoms with Crippen molar-refractivity contribution in [1.29, 1.82) is 0 Å². The van der Waals surface area contributed by atoms with Crippen LogP contribution in [-0.2, 0) is 12.6 Å². The van der Waals surface area contributed by atoms with Crippen molar-refractivity contribution in [3.05, 3.63) is 89.5 Å². The number of benzene rings is 3. The van der Waals surface area contributed by atoms with Crippen molar-refractivity contribution in [3.8, 4) is 0 Å². The Morgan fingerprint density at radius 3 is 2.14 bits per heavy atom. The van der Waals surface area contributed by atoms with Crippen LogP contribution in [0.25, 0.3) is 0 Å². The number of halogens is 3. The van der Waals surface area contributed by atoms with Crippen molar-refractivity contribution < 1.29 is 22.8 Å². The SMILES string of the molecule is O=C(Nc1ccc(C(F)(F)F)cc1)Nc1ccc(N2CCCC2)c(C(=O)NCCc2ccccc2)c1. The molecule has 1 aliphatic rings. The van der Waals surface area contributed by atoms with E-state index in [1.54, 1.807) is 12.1 Å². The number of anilines is 3. The molecule has 1 heterocycles. The lowest BCUT2D eigenvalue weighted by Crippen LogP contribution is -2.29. The molecule has 3 aromatic rings. The number of nitrogens with one attached hydrogen (secondary N) is 3. The molecule has 1 aliphatic heterocycles. The summed E-state index contributed by atoms with van der Waals surface area (Å²) in [6, 6.07) is 18.5. The van der Waals surface area contributed by atoms with E-state index in [1.165, 1.54) is 12.1 Å². The summed E-state index contributed by atoms with van der Waals surface area (Å²) in [6.45, 7) is 2.17. The van der Waals surface area contributed by atoms with Crippen LogP contribution in [0.15, 0.2) is 72.8 Å². The second kappa shape index (κ2) is 11.2. The van der Waals surface area contributed by atoms with Gasteiger partial charge < -0.3 is 20.9 Å². The van der Waals surface area contributed by atoms with Crippen LogP contribution >= 0.6 is 0 Å². The highest BCUT2D eigenvalue weighted by Crippen LogP contribution is 2.30. The Morgan fingerprint density at radius 2 is 1.47 bits per heavy atom. The van der Waals surface area contributed by atoms with Crippen molar-refractivity contribution >= 4 is 29.0 Å². The number of hydrogen-bond donors (Lipinski definition) is 3. The van der Waals surface area contributed by atoms with Gasteiger partial charge in [0.15, 0.2) is 0 Å². The van der Waals surface area contributed by atoms with Gasteiger partial charge in [-0.25, -0.2) is 4.79 Å². The maximum absolute atomic E-state index is 13.1. The van der Waals surface area contributed by atoms with Crippen molar-refractivity contribution in [2.75, 3.05) is 35.2 Å². The second-order valence-electron chi connectivity index (χ2n) is 8.57. The Morgan fingerprint density at radius 1 is 0.833 bits per heavy atom. The van der Waals surface area contributed by atoms with Crippen LogP contribution in [0.3, 0.4) is 0 Å². The molecule has 36 heavy (non-hydrogen) atoms. The smallest absolute Gasteiger partial charge is 0.371 e. The van der Waals surface area contributed by atoms with Crippen LogP contribution in [0.4, 0.5) is 35.0 Å². The van der Waals surface area contributed by atoms with Crippen LogP contribution in [0, 0.1) is 0 Å². The molecule has 188 valence electrons. The van der Waals surface area contributed by atoms with Gasteiger partial charge in [-0.3, -0.25) is 4.79 Å². The first-order chi connectivity index (χ1) is 17.3. The van der Waals surface area contributed by atoms with Crippen molar-refractivity contribution in [1.82, 2.24) is 5.32 Å². The lowest BCUT2D eigenvalue weighted by Gasteiger charge is -2.22. The first kappa shape index (κ1) is 25.1.